The van der Waals surface area contributed by atoms with Crippen LogP contribution in [0.4, 0.5) is 5.69 Å². The van der Waals surface area contributed by atoms with Gasteiger partial charge in [0.05, 0.1) is 6.10 Å². The number of nitrogens with two attached hydrogens (primary N) is 1. The monoisotopic (exact) mass is 263 g/mol. The molecule has 3 atom stereocenters. The maximum absolute atomic E-state index is 12.0. The van der Waals surface area contributed by atoms with Crippen molar-refractivity contribution >= 4 is 17.5 Å². The number of amides is 2. The third-order valence-electron chi connectivity index (χ3n) is 3.34. The van der Waals surface area contributed by atoms with Crippen LogP contribution in [0.5, 0.6) is 0 Å². The lowest BCUT2D eigenvalue weighted by Gasteiger charge is -2.11. The molecule has 1 aliphatic heterocycles. The molecule has 2 rings (SSSR count). The van der Waals surface area contributed by atoms with E-state index >= 15 is 0 Å². The van der Waals surface area contributed by atoms with E-state index in [4.69, 9.17) is 10.5 Å². The number of hydrogen-bond acceptors (Lipinski definition) is 4. The second kappa shape index (κ2) is 5.36. The third kappa shape index (κ3) is 3.08. The molecule has 0 saturated carbocycles. The molecule has 0 aliphatic carbocycles. The number of hydrogen-bond donors (Lipinski definition) is 2. The molecule has 2 amide bonds. The van der Waals surface area contributed by atoms with Crippen LogP contribution in [0, 0.1) is 5.92 Å². The van der Waals surface area contributed by atoms with Crippen LogP contribution in [0.3, 0.4) is 0 Å². The molecule has 2 unspecified atom stereocenters. The van der Waals surface area contributed by atoms with Gasteiger partial charge in [-0.25, -0.2) is 0 Å². The minimum Gasteiger partial charge on any atom is -0.365 e. The molecule has 0 spiro atoms. The lowest BCUT2D eigenvalue weighted by Crippen LogP contribution is -2.28. The summed E-state index contributed by atoms with van der Waals surface area (Å²) in [5.74, 6) is -0.484. The Morgan fingerprint density at radius 1 is 1.47 bits per heavy atom. The molecule has 19 heavy (non-hydrogen) atoms. The average Bonchev–Trinajstić information content (AvgIpc) is 2.70. The van der Waals surface area contributed by atoms with Gasteiger partial charge in [-0.2, -0.15) is 0 Å². The molecule has 1 saturated heterocycles. The first kappa shape index (κ1) is 13.5. The minimum atomic E-state index is -0.629. The largest absolute Gasteiger partial charge is 0.365 e. The van der Waals surface area contributed by atoms with Gasteiger partial charge in [0.15, 0.2) is 0 Å². The van der Waals surface area contributed by atoms with Crippen molar-refractivity contribution in [2.75, 3.05) is 5.32 Å². The summed E-state index contributed by atoms with van der Waals surface area (Å²) in [5.41, 5.74) is 5.74. The van der Waals surface area contributed by atoms with Gasteiger partial charge in [-0.05, 0) is 31.4 Å². The van der Waals surface area contributed by atoms with Gasteiger partial charge in [0.2, 0.25) is 0 Å². The molecule has 1 aromatic rings. The maximum Gasteiger partial charge on any atom is 0.267 e. The second-order valence-electron chi connectivity index (χ2n) is 4.83. The maximum atomic E-state index is 12.0. The summed E-state index contributed by atoms with van der Waals surface area (Å²) >= 11 is 0. The fourth-order valence-electron chi connectivity index (χ4n) is 2.01. The number of ether oxygens (including phenoxy) is 1. The number of nitrogens with zero attached hydrogens (tertiary/aromatic N) is 1. The van der Waals surface area contributed by atoms with E-state index in [0.29, 0.717) is 18.0 Å². The number of nitrogens with one attached hydrogen (secondary N) is 1. The van der Waals surface area contributed by atoms with Gasteiger partial charge in [0, 0.05) is 11.9 Å². The van der Waals surface area contributed by atoms with Crippen LogP contribution in [0.2, 0.25) is 0 Å². The smallest absolute Gasteiger partial charge is 0.267 e. The van der Waals surface area contributed by atoms with Gasteiger partial charge >= 0.3 is 0 Å². The summed E-state index contributed by atoms with van der Waals surface area (Å²) in [6.07, 6.45) is 1.75. The second-order valence-corrected chi connectivity index (χ2v) is 4.83. The first-order valence-corrected chi connectivity index (χ1v) is 6.19. The standard InChI is InChI=1S/C13H17N3O3/c1-7-5-11(19-8(7)2)13(18)16-9-3-4-15-10(6-9)12(14)17/h3-4,6-8,11H,5H2,1-2H3,(H2,14,17)(H,15,16,18)/t7-,8?,11?/m0/s1. The van der Waals surface area contributed by atoms with E-state index in [-0.39, 0.29) is 17.7 Å². The van der Waals surface area contributed by atoms with E-state index in [2.05, 4.69) is 17.2 Å². The van der Waals surface area contributed by atoms with E-state index in [1.165, 1.54) is 12.3 Å². The highest BCUT2D eigenvalue weighted by atomic mass is 16.5. The molecule has 6 heteroatoms. The Kier molecular flexibility index (Phi) is 3.80. The van der Waals surface area contributed by atoms with E-state index in [1.54, 1.807) is 6.07 Å². The van der Waals surface area contributed by atoms with Crippen molar-refractivity contribution in [1.82, 2.24) is 4.98 Å². The SMILES string of the molecule is CC1OC(C(=O)Nc2ccnc(C(N)=O)c2)C[C@@H]1C. The molecule has 1 aliphatic rings. The Bertz CT molecular complexity index is 494. The highest BCUT2D eigenvalue weighted by molar-refractivity contribution is 5.96. The molecule has 0 bridgehead atoms. The van der Waals surface area contributed by atoms with Crippen LogP contribution >= 0.6 is 0 Å². The van der Waals surface area contributed by atoms with Crippen molar-refractivity contribution in [1.29, 1.82) is 0 Å². The lowest BCUT2D eigenvalue weighted by molar-refractivity contribution is -0.126. The van der Waals surface area contributed by atoms with Gasteiger partial charge in [-0.1, -0.05) is 6.92 Å². The molecular formula is C13H17N3O3. The summed E-state index contributed by atoms with van der Waals surface area (Å²) in [5, 5.41) is 2.71. The van der Waals surface area contributed by atoms with Gasteiger partial charge in [0.1, 0.15) is 11.8 Å². The number of carbonyl (C=O) groups is 2. The van der Waals surface area contributed by atoms with Crippen molar-refractivity contribution in [3.8, 4) is 0 Å². The van der Waals surface area contributed by atoms with Gasteiger partial charge in [-0.3, -0.25) is 14.6 Å². The van der Waals surface area contributed by atoms with Crippen LogP contribution in [0.15, 0.2) is 18.3 Å². The van der Waals surface area contributed by atoms with Crippen LogP contribution in [0.1, 0.15) is 30.8 Å². The molecular weight excluding hydrogens is 246 g/mol. The average molecular weight is 263 g/mol. The lowest BCUT2D eigenvalue weighted by atomic mass is 10.0. The van der Waals surface area contributed by atoms with E-state index in [9.17, 15) is 9.59 Å². The van der Waals surface area contributed by atoms with Crippen molar-refractivity contribution in [2.45, 2.75) is 32.5 Å². The molecule has 0 radical (unpaired) electrons. The fourth-order valence-corrected chi connectivity index (χ4v) is 2.01. The fraction of sp³-hybridized carbons (Fsp3) is 0.462. The van der Waals surface area contributed by atoms with Gasteiger partial charge in [-0.15, -0.1) is 0 Å². The topological polar surface area (TPSA) is 94.3 Å². The Balaban J connectivity index is 2.03. The predicted molar refractivity (Wildman–Crippen MR) is 69.5 cm³/mol. The van der Waals surface area contributed by atoms with Crippen molar-refractivity contribution in [2.24, 2.45) is 11.7 Å². The zero-order valence-corrected chi connectivity index (χ0v) is 10.9. The number of pyridine rings is 1. The first-order valence-electron chi connectivity index (χ1n) is 6.19. The quantitative estimate of drug-likeness (QED) is 0.848. The van der Waals surface area contributed by atoms with Crippen LogP contribution in [-0.2, 0) is 9.53 Å². The Morgan fingerprint density at radius 2 is 2.21 bits per heavy atom. The van der Waals surface area contributed by atoms with Crippen LogP contribution in [-0.4, -0.2) is 29.0 Å². The molecule has 102 valence electrons. The highest BCUT2D eigenvalue weighted by Crippen LogP contribution is 2.26. The van der Waals surface area contributed by atoms with E-state index in [1.807, 2.05) is 6.92 Å². The normalized spacial score (nSPS) is 26.1. The van der Waals surface area contributed by atoms with Crippen molar-refractivity contribution in [3.63, 3.8) is 0 Å². The molecule has 1 aromatic heterocycles. The summed E-state index contributed by atoms with van der Waals surface area (Å²) in [6.45, 7) is 4.01. The summed E-state index contributed by atoms with van der Waals surface area (Å²) in [7, 11) is 0. The van der Waals surface area contributed by atoms with Crippen LogP contribution in [0.25, 0.3) is 0 Å². The number of rotatable bonds is 3. The van der Waals surface area contributed by atoms with E-state index < -0.39 is 12.0 Å². The highest BCUT2D eigenvalue weighted by Gasteiger charge is 2.33. The summed E-state index contributed by atoms with van der Waals surface area (Å²) < 4.78 is 5.57. The number of primary amides is 1. The summed E-state index contributed by atoms with van der Waals surface area (Å²) in [4.78, 5) is 26.8. The summed E-state index contributed by atoms with van der Waals surface area (Å²) in [6, 6.07) is 3.05. The van der Waals surface area contributed by atoms with Crippen LogP contribution < -0.4 is 11.1 Å². The third-order valence-corrected chi connectivity index (χ3v) is 3.34. The first-order chi connectivity index (χ1) is 8.97. The number of aromatic nitrogens is 1. The predicted octanol–water partition coefficient (Wildman–Crippen LogP) is 0.932. The van der Waals surface area contributed by atoms with Crippen molar-refractivity contribution < 1.29 is 14.3 Å². The zero-order valence-electron chi connectivity index (χ0n) is 10.9. The van der Waals surface area contributed by atoms with Gasteiger partial charge < -0.3 is 15.8 Å². The Hall–Kier alpha value is -1.95. The van der Waals surface area contributed by atoms with Gasteiger partial charge in [0.25, 0.3) is 11.8 Å². The molecule has 1 fully saturated rings. The molecule has 6 nitrogen and oxygen atoms in total. The number of carbonyl (C=O) groups excluding carboxylic acids is 2. The molecule has 0 aromatic carbocycles. The zero-order chi connectivity index (χ0) is 14.0. The van der Waals surface area contributed by atoms with Crippen molar-refractivity contribution in [3.05, 3.63) is 24.0 Å². The van der Waals surface area contributed by atoms with E-state index in [0.717, 1.165) is 0 Å². The number of anilines is 1. The molecule has 2 heterocycles. The Labute approximate surface area is 111 Å². The Morgan fingerprint density at radius 3 is 2.79 bits per heavy atom. The minimum absolute atomic E-state index is 0.0781. The molecule has 3 N–H and O–H groups in total.